The average Bonchev–Trinajstić information content (AvgIpc) is 3.42. The number of nitrogens with zero attached hydrogens (tertiary/aromatic N) is 2. The van der Waals surface area contributed by atoms with Gasteiger partial charge in [0, 0.05) is 6.54 Å². The number of benzene rings is 1. The third kappa shape index (κ3) is 5.93. The van der Waals surface area contributed by atoms with Gasteiger partial charge in [-0.25, -0.2) is 0 Å². The number of rotatable bonds is 14. The van der Waals surface area contributed by atoms with E-state index in [4.69, 9.17) is 13.9 Å². The van der Waals surface area contributed by atoms with Crippen LogP contribution in [0.25, 0.3) is 0 Å². The summed E-state index contributed by atoms with van der Waals surface area (Å²) in [5.74, 6) is 0.195. The van der Waals surface area contributed by atoms with E-state index >= 15 is 0 Å². The standard InChI is InChI=1S/C28H38N2O6/c1-6-17-35-21-14-12-20(18-23(21)34-9-4)25-24(26(31)22-13-11-19(5)36-22)27(32)28(33)30(25)16-10-15-29(7-2)8-3/h11-14,18,25,32H,6-10,15-17H2,1-5H3. The van der Waals surface area contributed by atoms with Gasteiger partial charge in [-0.05, 0) is 76.2 Å². The Bertz CT molecular complexity index is 1090. The Morgan fingerprint density at radius 2 is 1.83 bits per heavy atom. The molecule has 0 saturated carbocycles. The summed E-state index contributed by atoms with van der Waals surface area (Å²) in [6.45, 7) is 13.8. The van der Waals surface area contributed by atoms with Gasteiger partial charge >= 0.3 is 0 Å². The van der Waals surface area contributed by atoms with E-state index in [-0.39, 0.29) is 11.3 Å². The first kappa shape index (κ1) is 27.3. The fraction of sp³-hybridized carbons (Fsp3) is 0.500. The van der Waals surface area contributed by atoms with Crippen LogP contribution in [-0.2, 0) is 4.79 Å². The molecule has 1 N–H and O–H groups in total. The van der Waals surface area contributed by atoms with Gasteiger partial charge in [-0.3, -0.25) is 9.59 Å². The molecule has 1 aromatic heterocycles. The molecule has 2 heterocycles. The van der Waals surface area contributed by atoms with Crippen molar-refractivity contribution in [3.8, 4) is 11.5 Å². The maximum Gasteiger partial charge on any atom is 0.290 e. The molecule has 2 aromatic rings. The van der Waals surface area contributed by atoms with Crippen molar-refractivity contribution in [1.82, 2.24) is 9.80 Å². The second-order valence-electron chi connectivity index (χ2n) is 8.77. The third-order valence-corrected chi connectivity index (χ3v) is 6.33. The van der Waals surface area contributed by atoms with Crippen molar-refractivity contribution in [2.45, 2.75) is 53.5 Å². The Morgan fingerprint density at radius 1 is 1.08 bits per heavy atom. The van der Waals surface area contributed by atoms with E-state index in [1.807, 2.05) is 19.9 Å². The molecule has 8 nitrogen and oxygen atoms in total. The molecule has 196 valence electrons. The Kier molecular flexibility index (Phi) is 9.58. The van der Waals surface area contributed by atoms with Crippen LogP contribution in [-0.4, -0.2) is 66.0 Å². The number of aryl methyl sites for hydroxylation is 1. The van der Waals surface area contributed by atoms with Gasteiger partial charge in [-0.1, -0.05) is 26.8 Å². The number of aliphatic hydroxyl groups excluding tert-OH is 1. The number of Topliss-reactive ketones (excluding diaryl/α,β-unsaturated/α-hetero) is 1. The molecular formula is C28H38N2O6. The van der Waals surface area contributed by atoms with Gasteiger partial charge < -0.3 is 28.8 Å². The van der Waals surface area contributed by atoms with E-state index in [1.165, 1.54) is 0 Å². The van der Waals surface area contributed by atoms with Crippen molar-refractivity contribution in [3.63, 3.8) is 0 Å². The van der Waals surface area contributed by atoms with E-state index in [9.17, 15) is 14.7 Å². The number of hydrogen-bond acceptors (Lipinski definition) is 7. The van der Waals surface area contributed by atoms with Crippen LogP contribution in [0.3, 0.4) is 0 Å². The highest BCUT2D eigenvalue weighted by atomic mass is 16.5. The SMILES string of the molecule is CCCOc1ccc(C2C(C(=O)c3ccc(C)o3)=C(O)C(=O)N2CCCN(CC)CC)cc1OCC. The minimum absolute atomic E-state index is 0.0156. The van der Waals surface area contributed by atoms with Crippen molar-refractivity contribution in [2.24, 2.45) is 0 Å². The zero-order chi connectivity index (χ0) is 26.2. The molecule has 36 heavy (non-hydrogen) atoms. The number of furan rings is 1. The van der Waals surface area contributed by atoms with E-state index < -0.39 is 23.5 Å². The summed E-state index contributed by atoms with van der Waals surface area (Å²) in [5.41, 5.74) is 0.677. The van der Waals surface area contributed by atoms with Gasteiger partial charge in [0.2, 0.25) is 5.78 Å². The zero-order valence-corrected chi connectivity index (χ0v) is 22.0. The van der Waals surface area contributed by atoms with Gasteiger partial charge in [-0.15, -0.1) is 0 Å². The lowest BCUT2D eigenvalue weighted by molar-refractivity contribution is -0.129. The summed E-state index contributed by atoms with van der Waals surface area (Å²) in [4.78, 5) is 30.6. The average molecular weight is 499 g/mol. The van der Waals surface area contributed by atoms with E-state index in [0.29, 0.717) is 49.0 Å². The molecule has 0 radical (unpaired) electrons. The smallest absolute Gasteiger partial charge is 0.290 e. The van der Waals surface area contributed by atoms with Crippen LogP contribution in [0.15, 0.2) is 46.1 Å². The molecule has 1 unspecified atom stereocenters. The van der Waals surface area contributed by atoms with E-state index in [0.717, 1.165) is 26.1 Å². The molecule has 0 aliphatic carbocycles. The topological polar surface area (TPSA) is 92.5 Å². The summed E-state index contributed by atoms with van der Waals surface area (Å²) >= 11 is 0. The molecular weight excluding hydrogens is 460 g/mol. The third-order valence-electron chi connectivity index (χ3n) is 6.33. The van der Waals surface area contributed by atoms with Crippen LogP contribution in [0.4, 0.5) is 0 Å². The molecule has 1 aliphatic rings. The molecule has 1 atom stereocenters. The quantitative estimate of drug-likeness (QED) is 0.363. The number of ketones is 1. The molecule has 0 saturated heterocycles. The molecule has 1 aromatic carbocycles. The molecule has 0 fully saturated rings. The molecule has 1 aliphatic heterocycles. The minimum Gasteiger partial charge on any atom is -0.503 e. The number of ether oxygens (including phenoxy) is 2. The maximum absolute atomic E-state index is 13.5. The molecule has 0 spiro atoms. The Labute approximate surface area is 213 Å². The normalized spacial score (nSPS) is 15.8. The van der Waals surface area contributed by atoms with Gasteiger partial charge in [0.1, 0.15) is 5.76 Å². The maximum atomic E-state index is 13.5. The lowest BCUT2D eigenvalue weighted by Gasteiger charge is -2.28. The Hall–Kier alpha value is -3.26. The summed E-state index contributed by atoms with van der Waals surface area (Å²) in [6.07, 6.45) is 1.55. The zero-order valence-electron chi connectivity index (χ0n) is 22.0. The van der Waals surface area contributed by atoms with Crippen molar-refractivity contribution in [2.75, 3.05) is 39.4 Å². The van der Waals surface area contributed by atoms with Crippen molar-refractivity contribution >= 4 is 11.7 Å². The molecule has 8 heteroatoms. The van der Waals surface area contributed by atoms with Crippen molar-refractivity contribution in [1.29, 1.82) is 0 Å². The lowest BCUT2D eigenvalue weighted by atomic mass is 9.94. The second-order valence-corrected chi connectivity index (χ2v) is 8.77. The van der Waals surface area contributed by atoms with Gasteiger partial charge in [0.05, 0.1) is 24.8 Å². The Balaban J connectivity index is 2.02. The highest BCUT2D eigenvalue weighted by Crippen LogP contribution is 2.42. The van der Waals surface area contributed by atoms with Crippen LogP contribution >= 0.6 is 0 Å². The fourth-order valence-corrected chi connectivity index (χ4v) is 4.45. The van der Waals surface area contributed by atoms with Crippen molar-refractivity contribution in [3.05, 3.63) is 58.7 Å². The molecule has 0 bridgehead atoms. The number of hydrogen-bond donors (Lipinski definition) is 1. The number of amides is 1. The highest BCUT2D eigenvalue weighted by molar-refractivity contribution is 6.15. The van der Waals surface area contributed by atoms with Gasteiger partial charge in [0.25, 0.3) is 5.91 Å². The predicted molar refractivity (Wildman–Crippen MR) is 138 cm³/mol. The summed E-state index contributed by atoms with van der Waals surface area (Å²) < 4.78 is 17.2. The first-order chi connectivity index (χ1) is 17.4. The monoisotopic (exact) mass is 498 g/mol. The molecule has 3 rings (SSSR count). The van der Waals surface area contributed by atoms with Crippen LogP contribution in [0.5, 0.6) is 11.5 Å². The Morgan fingerprint density at radius 3 is 2.44 bits per heavy atom. The van der Waals surface area contributed by atoms with Gasteiger partial charge in [0.15, 0.2) is 23.0 Å². The summed E-state index contributed by atoms with van der Waals surface area (Å²) in [6, 6.07) is 7.89. The first-order valence-corrected chi connectivity index (χ1v) is 12.8. The van der Waals surface area contributed by atoms with E-state index in [2.05, 4.69) is 18.7 Å². The lowest BCUT2D eigenvalue weighted by Crippen LogP contribution is -2.34. The number of carbonyl (C=O) groups excluding carboxylic acids is 2. The van der Waals surface area contributed by atoms with Crippen LogP contribution in [0, 0.1) is 6.92 Å². The summed E-state index contributed by atoms with van der Waals surface area (Å²) in [7, 11) is 0. The summed E-state index contributed by atoms with van der Waals surface area (Å²) in [5, 5.41) is 10.9. The number of carbonyl (C=O) groups is 2. The minimum atomic E-state index is -0.772. The largest absolute Gasteiger partial charge is 0.503 e. The van der Waals surface area contributed by atoms with E-state index in [1.54, 1.807) is 36.1 Å². The highest BCUT2D eigenvalue weighted by Gasteiger charge is 2.44. The second kappa shape index (κ2) is 12.6. The predicted octanol–water partition coefficient (Wildman–Crippen LogP) is 5.09. The fourth-order valence-electron chi connectivity index (χ4n) is 4.45. The molecule has 1 amide bonds. The van der Waals surface area contributed by atoms with Crippen molar-refractivity contribution < 1.29 is 28.6 Å². The number of aliphatic hydroxyl groups is 1. The van der Waals surface area contributed by atoms with Crippen LogP contribution in [0.2, 0.25) is 0 Å². The van der Waals surface area contributed by atoms with Crippen LogP contribution in [0.1, 0.15) is 68.5 Å². The van der Waals surface area contributed by atoms with Crippen LogP contribution < -0.4 is 9.47 Å². The van der Waals surface area contributed by atoms with Gasteiger partial charge in [-0.2, -0.15) is 0 Å². The first-order valence-electron chi connectivity index (χ1n) is 12.8.